The van der Waals surface area contributed by atoms with Crippen molar-refractivity contribution in [3.8, 4) is 17.2 Å². The Morgan fingerprint density at radius 2 is 1.87 bits per heavy atom. The molecule has 4 rings (SSSR count). The number of ether oxygens (including phenoxy) is 3. The van der Waals surface area contributed by atoms with Crippen molar-refractivity contribution in [2.75, 3.05) is 39.9 Å². The summed E-state index contributed by atoms with van der Waals surface area (Å²) in [6.45, 7) is 11.6. The Morgan fingerprint density at radius 3 is 2.55 bits per heavy atom. The summed E-state index contributed by atoms with van der Waals surface area (Å²) < 4.78 is 17.0. The predicted octanol–water partition coefficient (Wildman–Crippen LogP) is 4.57. The highest BCUT2D eigenvalue weighted by Gasteiger charge is 2.46. The van der Waals surface area contributed by atoms with Gasteiger partial charge in [-0.05, 0) is 81.4 Å². The number of Topliss-reactive ketones (excluding diaryl/α,β-unsaturated/α-hetero) is 1. The van der Waals surface area contributed by atoms with Crippen LogP contribution in [0.15, 0.2) is 42.0 Å². The van der Waals surface area contributed by atoms with Crippen LogP contribution in [-0.2, 0) is 16.0 Å². The molecule has 8 heteroatoms. The minimum Gasteiger partial charge on any atom is -0.507 e. The molecule has 0 radical (unpaired) electrons. The van der Waals surface area contributed by atoms with Gasteiger partial charge in [0.15, 0.2) is 11.5 Å². The third kappa shape index (κ3) is 5.36. The largest absolute Gasteiger partial charge is 0.507 e. The van der Waals surface area contributed by atoms with Gasteiger partial charge in [-0.3, -0.25) is 9.59 Å². The van der Waals surface area contributed by atoms with E-state index >= 15 is 0 Å². The number of rotatable bonds is 11. The van der Waals surface area contributed by atoms with Crippen LogP contribution < -0.4 is 14.2 Å². The fourth-order valence-corrected chi connectivity index (χ4v) is 5.32. The molecule has 2 aromatic carbocycles. The Hall–Kier alpha value is -3.52. The van der Waals surface area contributed by atoms with Crippen molar-refractivity contribution in [1.29, 1.82) is 0 Å². The number of amides is 1. The number of benzene rings is 2. The Morgan fingerprint density at radius 1 is 1.11 bits per heavy atom. The number of hydrogen-bond donors (Lipinski definition) is 1. The average Bonchev–Trinajstić information content (AvgIpc) is 3.42. The minimum absolute atomic E-state index is 0.0510. The van der Waals surface area contributed by atoms with E-state index in [0.717, 1.165) is 37.4 Å². The first-order chi connectivity index (χ1) is 18.3. The molecule has 1 amide bonds. The molecule has 2 aliphatic heterocycles. The second-order valence-electron chi connectivity index (χ2n) is 9.67. The van der Waals surface area contributed by atoms with Crippen LogP contribution in [0.4, 0.5) is 0 Å². The molecule has 0 aliphatic carbocycles. The molecule has 2 atom stereocenters. The number of aliphatic hydroxyl groups is 1. The van der Waals surface area contributed by atoms with Crippen LogP contribution in [0.5, 0.6) is 17.2 Å². The second kappa shape index (κ2) is 11.9. The Bertz CT molecular complexity index is 1220. The summed E-state index contributed by atoms with van der Waals surface area (Å²) in [5.74, 6) is 0.371. The van der Waals surface area contributed by atoms with E-state index in [0.29, 0.717) is 42.2 Å². The van der Waals surface area contributed by atoms with Crippen molar-refractivity contribution in [2.24, 2.45) is 0 Å². The molecular formula is C30H38N2O6. The van der Waals surface area contributed by atoms with Gasteiger partial charge in [-0.1, -0.05) is 19.9 Å². The van der Waals surface area contributed by atoms with Crippen LogP contribution in [-0.4, -0.2) is 72.6 Å². The maximum Gasteiger partial charge on any atom is 0.295 e. The van der Waals surface area contributed by atoms with Gasteiger partial charge in [0.25, 0.3) is 11.7 Å². The lowest BCUT2D eigenvalue weighted by atomic mass is 9.94. The van der Waals surface area contributed by atoms with Crippen molar-refractivity contribution < 1.29 is 28.9 Å². The Labute approximate surface area is 224 Å². The van der Waals surface area contributed by atoms with Crippen molar-refractivity contribution >= 4 is 17.4 Å². The molecule has 8 nitrogen and oxygen atoms in total. The normalized spacial score (nSPS) is 20.1. The first-order valence-electron chi connectivity index (χ1n) is 13.4. The van der Waals surface area contributed by atoms with Crippen molar-refractivity contribution in [1.82, 2.24) is 9.80 Å². The van der Waals surface area contributed by atoms with Crippen LogP contribution in [0.3, 0.4) is 0 Å². The molecular weight excluding hydrogens is 484 g/mol. The molecule has 0 aromatic heterocycles. The van der Waals surface area contributed by atoms with Gasteiger partial charge in [-0.15, -0.1) is 0 Å². The summed E-state index contributed by atoms with van der Waals surface area (Å²) in [6, 6.07) is 10.0. The van der Waals surface area contributed by atoms with Gasteiger partial charge < -0.3 is 29.1 Å². The first-order valence-corrected chi connectivity index (χ1v) is 13.4. The number of carbonyl (C=O) groups excluding carboxylic acids is 2. The standard InChI is InChI=1S/C30H38N2O6/c1-6-31(7-2)14-9-15-32-27(20-10-13-24(37-8-3)25(18-20)36-5)26(29(34)30(32)35)28(33)21-11-12-23-22(17-21)16-19(4)38-23/h10-13,17-19,27,33H,6-9,14-16H2,1-5H3/b28-26+/t19-,27+/m0/s1. The van der Waals surface area contributed by atoms with E-state index in [1.165, 1.54) is 0 Å². The molecule has 2 heterocycles. The fraction of sp³-hybridized carbons (Fsp3) is 0.467. The molecule has 1 N–H and O–H groups in total. The number of aliphatic hydroxyl groups excluding tert-OH is 1. The maximum absolute atomic E-state index is 13.4. The van der Waals surface area contributed by atoms with Gasteiger partial charge in [0.05, 0.1) is 25.3 Å². The second-order valence-corrected chi connectivity index (χ2v) is 9.67. The van der Waals surface area contributed by atoms with Crippen LogP contribution in [0, 0.1) is 0 Å². The summed E-state index contributed by atoms with van der Waals surface area (Å²) in [6.07, 6.45) is 1.47. The highest BCUT2D eigenvalue weighted by molar-refractivity contribution is 6.46. The lowest BCUT2D eigenvalue weighted by Gasteiger charge is -2.27. The molecule has 2 aromatic rings. The fourth-order valence-electron chi connectivity index (χ4n) is 5.32. The van der Waals surface area contributed by atoms with Crippen LogP contribution in [0.2, 0.25) is 0 Å². The monoisotopic (exact) mass is 522 g/mol. The first kappa shape index (κ1) is 27.5. The number of ketones is 1. The van der Waals surface area contributed by atoms with Crippen LogP contribution in [0.1, 0.15) is 56.8 Å². The predicted molar refractivity (Wildman–Crippen MR) is 146 cm³/mol. The number of methoxy groups -OCH3 is 1. The SMILES string of the molecule is CCOc1ccc([C@@H]2/C(=C(\O)c3ccc4c(c3)C[C@H](C)O4)C(=O)C(=O)N2CCCN(CC)CC)cc1OC. The third-order valence-corrected chi connectivity index (χ3v) is 7.28. The quantitative estimate of drug-likeness (QED) is 0.263. The molecule has 0 saturated carbocycles. The number of nitrogens with zero attached hydrogens (tertiary/aromatic N) is 2. The molecule has 0 unspecified atom stereocenters. The van der Waals surface area contributed by atoms with Gasteiger partial charge >= 0.3 is 0 Å². The lowest BCUT2D eigenvalue weighted by molar-refractivity contribution is -0.140. The van der Waals surface area contributed by atoms with Gasteiger partial charge in [0, 0.05) is 18.5 Å². The minimum atomic E-state index is -0.750. The zero-order chi connectivity index (χ0) is 27.4. The molecule has 204 valence electrons. The third-order valence-electron chi connectivity index (χ3n) is 7.28. The molecule has 0 bridgehead atoms. The van der Waals surface area contributed by atoms with E-state index in [9.17, 15) is 14.7 Å². The number of carbonyl (C=O) groups is 2. The van der Waals surface area contributed by atoms with Gasteiger partial charge in [-0.2, -0.15) is 0 Å². The molecule has 38 heavy (non-hydrogen) atoms. The van der Waals surface area contributed by atoms with Gasteiger partial charge in [0.2, 0.25) is 0 Å². The number of likely N-dealkylation sites (tertiary alicyclic amines) is 1. The molecule has 1 saturated heterocycles. The number of hydrogen-bond acceptors (Lipinski definition) is 7. The Kier molecular flexibility index (Phi) is 8.62. The van der Waals surface area contributed by atoms with Crippen molar-refractivity contribution in [3.63, 3.8) is 0 Å². The topological polar surface area (TPSA) is 88.5 Å². The molecule has 0 spiro atoms. The maximum atomic E-state index is 13.4. The van der Waals surface area contributed by atoms with E-state index in [1.807, 2.05) is 32.0 Å². The number of fused-ring (bicyclic) bond motifs is 1. The summed E-state index contributed by atoms with van der Waals surface area (Å²) in [5.41, 5.74) is 2.21. The van der Waals surface area contributed by atoms with E-state index < -0.39 is 17.7 Å². The molecule has 1 fully saturated rings. The van der Waals surface area contributed by atoms with Gasteiger partial charge in [-0.25, -0.2) is 0 Å². The lowest BCUT2D eigenvalue weighted by Crippen LogP contribution is -2.33. The van der Waals surface area contributed by atoms with Crippen molar-refractivity contribution in [3.05, 3.63) is 58.7 Å². The van der Waals surface area contributed by atoms with E-state index in [1.54, 1.807) is 30.2 Å². The molecule has 2 aliphatic rings. The van der Waals surface area contributed by atoms with Crippen molar-refractivity contribution in [2.45, 2.75) is 52.7 Å². The highest BCUT2D eigenvalue weighted by atomic mass is 16.5. The van der Waals surface area contributed by atoms with E-state index in [4.69, 9.17) is 14.2 Å². The van der Waals surface area contributed by atoms with E-state index in [2.05, 4.69) is 18.7 Å². The summed E-state index contributed by atoms with van der Waals surface area (Å²) in [7, 11) is 1.55. The van der Waals surface area contributed by atoms with E-state index in [-0.39, 0.29) is 17.4 Å². The summed E-state index contributed by atoms with van der Waals surface area (Å²) in [5, 5.41) is 11.5. The Balaban J connectivity index is 1.78. The summed E-state index contributed by atoms with van der Waals surface area (Å²) >= 11 is 0. The summed E-state index contributed by atoms with van der Waals surface area (Å²) in [4.78, 5) is 30.6. The average molecular weight is 523 g/mol. The van der Waals surface area contributed by atoms with Crippen LogP contribution >= 0.6 is 0 Å². The zero-order valence-electron chi connectivity index (χ0n) is 23.0. The van der Waals surface area contributed by atoms with Gasteiger partial charge in [0.1, 0.15) is 17.6 Å². The van der Waals surface area contributed by atoms with Crippen LogP contribution in [0.25, 0.3) is 5.76 Å². The zero-order valence-corrected chi connectivity index (χ0v) is 23.0. The highest BCUT2D eigenvalue weighted by Crippen LogP contribution is 2.42. The smallest absolute Gasteiger partial charge is 0.295 e.